The number of nitrogens with two attached hydrogens (primary N) is 1. The molecule has 0 unspecified atom stereocenters. The zero-order chi connectivity index (χ0) is 12.3. The minimum atomic E-state index is -0.516. The molecular weight excluding hydrogens is 188 g/mol. The Morgan fingerprint density at radius 1 is 1.20 bits per heavy atom. The van der Waals surface area contributed by atoms with Gasteiger partial charge in [-0.1, -0.05) is 6.92 Å². The van der Waals surface area contributed by atoms with Crippen molar-refractivity contribution in [3.8, 4) is 0 Å². The van der Waals surface area contributed by atoms with E-state index in [-0.39, 0.29) is 5.91 Å². The standard InChI is InChI=1S/C12H26N2O/c1-7-9-14(8-2)10(15)11(3,4)12(5,6)13/h7-9,13H2,1-6H3. The van der Waals surface area contributed by atoms with Crippen LogP contribution in [0.2, 0.25) is 0 Å². The third-order valence-electron chi connectivity index (χ3n) is 3.31. The largest absolute Gasteiger partial charge is 0.342 e. The molecule has 0 saturated heterocycles. The highest BCUT2D eigenvalue weighted by molar-refractivity contribution is 5.83. The average molecular weight is 214 g/mol. The summed E-state index contributed by atoms with van der Waals surface area (Å²) in [5.74, 6) is 0.152. The third kappa shape index (κ3) is 3.20. The van der Waals surface area contributed by atoms with Gasteiger partial charge >= 0.3 is 0 Å². The molecule has 0 bridgehead atoms. The van der Waals surface area contributed by atoms with E-state index in [1.807, 2.05) is 39.5 Å². The number of hydrogen-bond donors (Lipinski definition) is 1. The van der Waals surface area contributed by atoms with Crippen molar-refractivity contribution in [3.63, 3.8) is 0 Å². The molecule has 3 nitrogen and oxygen atoms in total. The van der Waals surface area contributed by atoms with Crippen molar-refractivity contribution < 1.29 is 4.79 Å². The second kappa shape index (κ2) is 4.97. The van der Waals surface area contributed by atoms with Crippen LogP contribution in [0.4, 0.5) is 0 Å². The van der Waals surface area contributed by atoms with Crippen LogP contribution in [0.1, 0.15) is 48.0 Å². The van der Waals surface area contributed by atoms with E-state index in [0.717, 1.165) is 19.5 Å². The van der Waals surface area contributed by atoms with Gasteiger partial charge in [-0.2, -0.15) is 0 Å². The molecule has 0 aromatic carbocycles. The molecule has 1 amide bonds. The summed E-state index contributed by atoms with van der Waals surface area (Å²) in [6.07, 6.45) is 0.987. The summed E-state index contributed by atoms with van der Waals surface area (Å²) in [6.45, 7) is 13.3. The predicted molar refractivity (Wildman–Crippen MR) is 64.6 cm³/mol. The summed E-state index contributed by atoms with van der Waals surface area (Å²) in [5, 5.41) is 0. The molecule has 15 heavy (non-hydrogen) atoms. The molecule has 0 radical (unpaired) electrons. The monoisotopic (exact) mass is 214 g/mol. The van der Waals surface area contributed by atoms with Gasteiger partial charge in [0.25, 0.3) is 0 Å². The van der Waals surface area contributed by atoms with E-state index in [1.54, 1.807) is 0 Å². The zero-order valence-corrected chi connectivity index (χ0v) is 11.1. The fraction of sp³-hybridized carbons (Fsp3) is 0.917. The molecule has 90 valence electrons. The maximum absolute atomic E-state index is 12.3. The molecule has 0 atom stereocenters. The van der Waals surface area contributed by atoms with Crippen LogP contribution < -0.4 is 5.73 Å². The first-order valence-electron chi connectivity index (χ1n) is 5.76. The number of rotatable bonds is 5. The van der Waals surface area contributed by atoms with Gasteiger partial charge in [-0.25, -0.2) is 0 Å². The lowest BCUT2D eigenvalue weighted by Crippen LogP contribution is -2.56. The smallest absolute Gasteiger partial charge is 0.230 e. The first-order valence-corrected chi connectivity index (χ1v) is 5.76. The van der Waals surface area contributed by atoms with Gasteiger partial charge in [0.2, 0.25) is 5.91 Å². The fourth-order valence-corrected chi connectivity index (χ4v) is 1.34. The normalized spacial score (nSPS) is 12.7. The van der Waals surface area contributed by atoms with Gasteiger partial charge in [-0.15, -0.1) is 0 Å². The van der Waals surface area contributed by atoms with Gasteiger partial charge in [0.1, 0.15) is 0 Å². The van der Waals surface area contributed by atoms with E-state index in [1.165, 1.54) is 0 Å². The van der Waals surface area contributed by atoms with Gasteiger partial charge < -0.3 is 10.6 Å². The first-order chi connectivity index (χ1) is 6.68. The molecule has 0 rings (SSSR count). The molecular formula is C12H26N2O. The average Bonchev–Trinajstić information content (AvgIpc) is 2.11. The third-order valence-corrected chi connectivity index (χ3v) is 3.31. The Hall–Kier alpha value is -0.570. The van der Waals surface area contributed by atoms with Crippen molar-refractivity contribution in [1.29, 1.82) is 0 Å². The van der Waals surface area contributed by atoms with Crippen LogP contribution in [0.5, 0.6) is 0 Å². The number of carbonyl (C=O) groups excluding carboxylic acids is 1. The van der Waals surface area contributed by atoms with Crippen molar-refractivity contribution in [1.82, 2.24) is 4.90 Å². The van der Waals surface area contributed by atoms with E-state index in [0.29, 0.717) is 0 Å². The molecule has 2 N–H and O–H groups in total. The molecule has 0 aromatic heterocycles. The summed E-state index contributed by atoms with van der Waals surface area (Å²) in [5.41, 5.74) is 5.04. The Morgan fingerprint density at radius 2 is 1.67 bits per heavy atom. The van der Waals surface area contributed by atoms with Gasteiger partial charge in [0.05, 0.1) is 5.41 Å². The van der Waals surface area contributed by atoms with Crippen LogP contribution in [-0.4, -0.2) is 29.4 Å². The highest BCUT2D eigenvalue weighted by Gasteiger charge is 2.42. The number of hydrogen-bond acceptors (Lipinski definition) is 2. The zero-order valence-electron chi connectivity index (χ0n) is 11.1. The van der Waals surface area contributed by atoms with Crippen molar-refractivity contribution in [2.45, 2.75) is 53.5 Å². The number of amides is 1. The Bertz CT molecular complexity index is 216. The molecule has 0 aliphatic heterocycles. The Kier molecular flexibility index (Phi) is 4.78. The molecule has 0 saturated carbocycles. The van der Waals surface area contributed by atoms with Gasteiger partial charge in [-0.05, 0) is 41.0 Å². The van der Waals surface area contributed by atoms with E-state index >= 15 is 0 Å². The van der Waals surface area contributed by atoms with Crippen LogP contribution in [0, 0.1) is 5.41 Å². The molecule has 0 aromatic rings. The Morgan fingerprint density at radius 3 is 1.93 bits per heavy atom. The summed E-state index contributed by atoms with van der Waals surface area (Å²) in [7, 11) is 0. The number of nitrogens with zero attached hydrogens (tertiary/aromatic N) is 1. The minimum absolute atomic E-state index is 0.152. The lowest BCUT2D eigenvalue weighted by Gasteiger charge is -2.40. The topological polar surface area (TPSA) is 46.3 Å². The van der Waals surface area contributed by atoms with E-state index in [2.05, 4.69) is 6.92 Å². The molecule has 3 heteroatoms. The first kappa shape index (κ1) is 14.4. The minimum Gasteiger partial charge on any atom is -0.342 e. The van der Waals surface area contributed by atoms with Crippen LogP contribution in [-0.2, 0) is 4.79 Å². The van der Waals surface area contributed by atoms with Gasteiger partial charge in [0.15, 0.2) is 0 Å². The Balaban J connectivity index is 4.81. The second-order valence-corrected chi connectivity index (χ2v) is 5.23. The van der Waals surface area contributed by atoms with Gasteiger partial charge in [-0.3, -0.25) is 4.79 Å². The molecule has 0 spiro atoms. The van der Waals surface area contributed by atoms with E-state index in [9.17, 15) is 4.79 Å². The van der Waals surface area contributed by atoms with Crippen molar-refractivity contribution >= 4 is 5.91 Å². The fourth-order valence-electron chi connectivity index (χ4n) is 1.34. The van der Waals surface area contributed by atoms with Crippen LogP contribution in [0.25, 0.3) is 0 Å². The maximum atomic E-state index is 12.3. The summed E-state index contributed by atoms with van der Waals surface area (Å²) >= 11 is 0. The van der Waals surface area contributed by atoms with Gasteiger partial charge in [0, 0.05) is 18.6 Å². The predicted octanol–water partition coefficient (Wildman–Crippen LogP) is 2.01. The molecule has 0 fully saturated rings. The van der Waals surface area contributed by atoms with E-state index < -0.39 is 11.0 Å². The highest BCUT2D eigenvalue weighted by Crippen LogP contribution is 2.30. The van der Waals surface area contributed by atoms with Crippen molar-refractivity contribution in [2.24, 2.45) is 11.1 Å². The lowest BCUT2D eigenvalue weighted by atomic mass is 9.74. The second-order valence-electron chi connectivity index (χ2n) is 5.23. The lowest BCUT2D eigenvalue weighted by molar-refractivity contribution is -0.143. The summed E-state index contributed by atoms with van der Waals surface area (Å²) in [6, 6.07) is 0. The molecule has 0 heterocycles. The van der Waals surface area contributed by atoms with Crippen LogP contribution in [0.15, 0.2) is 0 Å². The SMILES string of the molecule is CCCN(CC)C(=O)C(C)(C)C(C)(C)N. The Labute approximate surface area is 94.0 Å². The van der Waals surface area contributed by atoms with Crippen molar-refractivity contribution in [2.75, 3.05) is 13.1 Å². The molecule has 0 aliphatic carbocycles. The summed E-state index contributed by atoms with van der Waals surface area (Å²) in [4.78, 5) is 14.2. The number of carbonyl (C=O) groups is 1. The summed E-state index contributed by atoms with van der Waals surface area (Å²) < 4.78 is 0. The highest BCUT2D eigenvalue weighted by atomic mass is 16.2. The molecule has 0 aliphatic rings. The van der Waals surface area contributed by atoms with Crippen molar-refractivity contribution in [3.05, 3.63) is 0 Å². The quantitative estimate of drug-likeness (QED) is 0.761. The van der Waals surface area contributed by atoms with E-state index in [4.69, 9.17) is 5.73 Å². The van der Waals surface area contributed by atoms with Crippen LogP contribution in [0.3, 0.4) is 0 Å². The van der Waals surface area contributed by atoms with Crippen LogP contribution >= 0.6 is 0 Å². The maximum Gasteiger partial charge on any atom is 0.230 e.